The largest absolute Gasteiger partial charge is 0.496 e. The van der Waals surface area contributed by atoms with Crippen LogP contribution in [0, 0.1) is 34.6 Å². The van der Waals surface area contributed by atoms with Gasteiger partial charge in [-0.3, -0.25) is 0 Å². The Morgan fingerprint density at radius 2 is 0.812 bits per heavy atom. The van der Waals surface area contributed by atoms with E-state index in [9.17, 15) is 0 Å². The van der Waals surface area contributed by atoms with Crippen molar-refractivity contribution in [2.45, 2.75) is 56.9 Å². The molecule has 0 aliphatic heterocycles. The normalized spacial score (nSPS) is 8.38. The maximum Gasteiger partial charge on any atom is 0.125 e. The maximum absolute atomic E-state index is 5.39. The quantitative estimate of drug-likeness (QED) is 0.644. The van der Waals surface area contributed by atoms with Crippen molar-refractivity contribution in [1.29, 1.82) is 0 Å². The van der Waals surface area contributed by atoms with E-state index in [2.05, 4.69) is 34.6 Å². The Kier molecular flexibility index (Phi) is 9.35. The third-order valence-electron chi connectivity index (χ3n) is 3.14. The Balaban J connectivity index is -0.000000563. The van der Waals surface area contributed by atoms with Crippen molar-refractivity contribution < 1.29 is 4.74 Å². The molecule has 0 bridgehead atoms. The van der Waals surface area contributed by atoms with Crippen LogP contribution in [0.5, 0.6) is 5.75 Å². The van der Waals surface area contributed by atoms with Gasteiger partial charge in [-0.05, 0) is 62.4 Å². The van der Waals surface area contributed by atoms with Crippen molar-refractivity contribution in [3.05, 3.63) is 27.8 Å². The van der Waals surface area contributed by atoms with E-state index in [4.69, 9.17) is 4.74 Å². The molecule has 0 atom stereocenters. The highest BCUT2D eigenvalue weighted by Crippen LogP contribution is 2.31. The fourth-order valence-corrected chi connectivity index (χ4v) is 1.77. The number of ether oxygens (including phenoxy) is 1. The van der Waals surface area contributed by atoms with Gasteiger partial charge in [0.25, 0.3) is 0 Å². The fourth-order valence-electron chi connectivity index (χ4n) is 1.77. The predicted octanol–water partition coefficient (Wildman–Crippen LogP) is 5.15. The van der Waals surface area contributed by atoms with Gasteiger partial charge in [0.15, 0.2) is 0 Å². The molecular formula is C15H30O. The number of hydrogen-bond acceptors (Lipinski definition) is 1. The minimum Gasteiger partial charge on any atom is -0.496 e. The second kappa shape index (κ2) is 7.32. The van der Waals surface area contributed by atoms with E-state index in [1.807, 2.05) is 0 Å². The zero-order chi connectivity index (χ0) is 10.2. The highest BCUT2D eigenvalue weighted by Gasteiger charge is 2.11. The smallest absolute Gasteiger partial charge is 0.125 e. The zero-order valence-electron chi connectivity index (χ0n) is 9.41. The van der Waals surface area contributed by atoms with Gasteiger partial charge in [0.1, 0.15) is 5.75 Å². The number of hydrogen-bond donors (Lipinski definition) is 0. The minimum absolute atomic E-state index is 0. The molecule has 0 aliphatic rings. The van der Waals surface area contributed by atoms with Gasteiger partial charge in [-0.2, -0.15) is 0 Å². The molecule has 16 heavy (non-hydrogen) atoms. The van der Waals surface area contributed by atoms with E-state index in [-0.39, 0.29) is 22.3 Å². The van der Waals surface area contributed by atoms with E-state index in [0.717, 1.165) is 5.75 Å². The molecule has 0 aliphatic carbocycles. The summed E-state index contributed by atoms with van der Waals surface area (Å²) < 4.78 is 5.39. The second-order valence-electron chi connectivity index (χ2n) is 3.66. The Morgan fingerprint density at radius 3 is 1.06 bits per heavy atom. The van der Waals surface area contributed by atoms with Crippen LogP contribution in [-0.4, -0.2) is 7.11 Å². The summed E-state index contributed by atoms with van der Waals surface area (Å²) in [6.45, 7) is 10.7. The van der Waals surface area contributed by atoms with Gasteiger partial charge < -0.3 is 4.74 Å². The topological polar surface area (TPSA) is 9.23 Å². The number of methoxy groups -OCH3 is 1. The van der Waals surface area contributed by atoms with Crippen LogP contribution in [0.15, 0.2) is 0 Å². The Morgan fingerprint density at radius 1 is 0.562 bits per heavy atom. The first-order valence-corrected chi connectivity index (χ1v) is 4.61. The van der Waals surface area contributed by atoms with Crippen LogP contribution < -0.4 is 4.74 Å². The number of rotatable bonds is 1. The lowest BCUT2D eigenvalue weighted by Crippen LogP contribution is -1.99. The van der Waals surface area contributed by atoms with Gasteiger partial charge in [-0.15, -0.1) is 0 Å². The fraction of sp³-hybridized carbons (Fsp3) is 0.600. The molecule has 0 radical (unpaired) electrons. The Labute approximate surface area is 103 Å². The van der Waals surface area contributed by atoms with Crippen LogP contribution in [0.2, 0.25) is 0 Å². The van der Waals surface area contributed by atoms with E-state index in [1.165, 1.54) is 27.8 Å². The molecule has 0 aromatic heterocycles. The van der Waals surface area contributed by atoms with Crippen molar-refractivity contribution in [3.8, 4) is 5.75 Å². The lowest BCUT2D eigenvalue weighted by molar-refractivity contribution is 0.407. The molecular weight excluding hydrogens is 196 g/mol. The molecule has 0 heterocycles. The SMILES string of the molecule is C.C.C.COc1c(C)c(C)c(C)c(C)c1C. The standard InChI is InChI=1S/C12H18O.3CH4/c1-7-8(2)10(4)12(13-6)11(5)9(7)3;;;/h1-6H3;3*1H4. The van der Waals surface area contributed by atoms with Crippen LogP contribution in [0.1, 0.15) is 50.1 Å². The van der Waals surface area contributed by atoms with Gasteiger partial charge in [-0.1, -0.05) is 22.3 Å². The van der Waals surface area contributed by atoms with Crippen LogP contribution in [0.25, 0.3) is 0 Å². The van der Waals surface area contributed by atoms with Gasteiger partial charge in [0, 0.05) is 0 Å². The second-order valence-corrected chi connectivity index (χ2v) is 3.66. The summed E-state index contributed by atoms with van der Waals surface area (Å²) in [5, 5.41) is 0. The highest BCUT2D eigenvalue weighted by atomic mass is 16.5. The first-order chi connectivity index (χ1) is 6.00. The van der Waals surface area contributed by atoms with E-state index in [1.54, 1.807) is 7.11 Å². The average molecular weight is 226 g/mol. The van der Waals surface area contributed by atoms with E-state index >= 15 is 0 Å². The van der Waals surface area contributed by atoms with Crippen molar-refractivity contribution in [2.75, 3.05) is 7.11 Å². The molecule has 1 rings (SSSR count). The molecule has 0 saturated heterocycles. The molecule has 0 saturated carbocycles. The van der Waals surface area contributed by atoms with Crippen molar-refractivity contribution in [3.63, 3.8) is 0 Å². The molecule has 0 fully saturated rings. The molecule has 96 valence electrons. The van der Waals surface area contributed by atoms with Crippen molar-refractivity contribution >= 4 is 0 Å². The lowest BCUT2D eigenvalue weighted by atomic mass is 9.94. The minimum atomic E-state index is 0. The maximum atomic E-state index is 5.39. The molecule has 1 heteroatoms. The van der Waals surface area contributed by atoms with Crippen LogP contribution in [0.3, 0.4) is 0 Å². The predicted molar refractivity (Wildman–Crippen MR) is 76.9 cm³/mol. The molecule has 1 aromatic carbocycles. The first kappa shape index (κ1) is 20.4. The third-order valence-corrected chi connectivity index (χ3v) is 3.14. The lowest BCUT2D eigenvalue weighted by Gasteiger charge is -2.16. The molecule has 0 N–H and O–H groups in total. The summed E-state index contributed by atoms with van der Waals surface area (Å²) in [5.41, 5.74) is 6.61. The van der Waals surface area contributed by atoms with Crippen molar-refractivity contribution in [1.82, 2.24) is 0 Å². The molecule has 0 amide bonds. The van der Waals surface area contributed by atoms with Gasteiger partial charge in [0.05, 0.1) is 7.11 Å². The zero-order valence-corrected chi connectivity index (χ0v) is 9.41. The Bertz CT molecular complexity index is 309. The first-order valence-electron chi connectivity index (χ1n) is 4.61. The average Bonchev–Trinajstić information content (AvgIpc) is 2.13. The van der Waals surface area contributed by atoms with E-state index < -0.39 is 0 Å². The van der Waals surface area contributed by atoms with Crippen LogP contribution in [-0.2, 0) is 0 Å². The summed E-state index contributed by atoms with van der Waals surface area (Å²) in [7, 11) is 1.74. The molecule has 0 unspecified atom stereocenters. The highest BCUT2D eigenvalue weighted by molar-refractivity contribution is 5.53. The van der Waals surface area contributed by atoms with Crippen molar-refractivity contribution in [2.24, 2.45) is 0 Å². The molecule has 1 aromatic rings. The molecule has 0 spiro atoms. The van der Waals surface area contributed by atoms with Crippen LogP contribution in [0.4, 0.5) is 0 Å². The summed E-state index contributed by atoms with van der Waals surface area (Å²) in [4.78, 5) is 0. The van der Waals surface area contributed by atoms with Gasteiger partial charge in [-0.25, -0.2) is 0 Å². The summed E-state index contributed by atoms with van der Waals surface area (Å²) in [6, 6.07) is 0. The monoisotopic (exact) mass is 226 g/mol. The number of benzene rings is 1. The third kappa shape index (κ3) is 3.01. The summed E-state index contributed by atoms with van der Waals surface area (Å²) in [5.74, 6) is 1.04. The summed E-state index contributed by atoms with van der Waals surface area (Å²) >= 11 is 0. The molecule has 1 nitrogen and oxygen atoms in total. The van der Waals surface area contributed by atoms with Gasteiger partial charge >= 0.3 is 0 Å². The van der Waals surface area contributed by atoms with E-state index in [0.29, 0.717) is 0 Å². The Hall–Kier alpha value is -0.980. The van der Waals surface area contributed by atoms with Gasteiger partial charge in [0.2, 0.25) is 0 Å². The van der Waals surface area contributed by atoms with Crippen LogP contribution >= 0.6 is 0 Å². The summed E-state index contributed by atoms with van der Waals surface area (Å²) in [6.07, 6.45) is 0.